The van der Waals surface area contributed by atoms with Crippen LogP contribution in [0.15, 0.2) is 29.1 Å². The Morgan fingerprint density at radius 3 is 2.24 bits per heavy atom. The molecule has 5 nitrogen and oxygen atoms in total. The topological polar surface area (TPSA) is 53.2 Å². The van der Waals surface area contributed by atoms with Gasteiger partial charge in [-0.3, -0.25) is 13.9 Å². The van der Waals surface area contributed by atoms with Crippen molar-refractivity contribution in [3.05, 3.63) is 34.7 Å². The fourth-order valence-electron chi connectivity index (χ4n) is 2.39. The summed E-state index contributed by atoms with van der Waals surface area (Å²) in [6.45, 7) is 8.38. The third-order valence-electron chi connectivity index (χ3n) is 3.20. The Bertz CT molecular complexity index is 704. The Kier molecular flexibility index (Phi) is 4.21. The molecule has 1 aromatic heterocycles. The van der Waals surface area contributed by atoms with Crippen LogP contribution in [0.2, 0.25) is 0 Å². The molecule has 5 heteroatoms. The number of carbonyl (C=O) groups excluding carboxylic acids is 1. The van der Waals surface area contributed by atoms with Gasteiger partial charge in [0, 0.05) is 13.1 Å². The van der Waals surface area contributed by atoms with Crippen molar-refractivity contribution in [2.24, 2.45) is 0 Å². The van der Waals surface area contributed by atoms with Gasteiger partial charge in [-0.2, -0.15) is 0 Å². The van der Waals surface area contributed by atoms with Crippen LogP contribution in [-0.4, -0.2) is 20.7 Å². The van der Waals surface area contributed by atoms with Crippen LogP contribution in [0.4, 0.5) is 0 Å². The predicted octanol–water partition coefficient (Wildman–Crippen LogP) is 2.55. The molecule has 0 saturated carbocycles. The molecule has 0 aliphatic heterocycles. The Morgan fingerprint density at radius 2 is 1.71 bits per heavy atom. The number of ether oxygens (including phenoxy) is 1. The molecule has 0 spiro atoms. The number of carbonyl (C=O) groups is 1. The third-order valence-corrected chi connectivity index (χ3v) is 3.20. The third kappa shape index (κ3) is 3.35. The summed E-state index contributed by atoms with van der Waals surface area (Å²) in [5.74, 6) is -0.289. The number of fused-ring (bicyclic) bond motifs is 1. The number of imidazole rings is 1. The Labute approximate surface area is 124 Å². The van der Waals surface area contributed by atoms with Crippen molar-refractivity contribution in [3.8, 4) is 0 Å². The van der Waals surface area contributed by atoms with Crippen molar-refractivity contribution in [1.82, 2.24) is 9.13 Å². The number of hydrogen-bond donors (Lipinski definition) is 0. The van der Waals surface area contributed by atoms with Gasteiger partial charge in [0.1, 0.15) is 5.60 Å². The number of aromatic nitrogens is 2. The lowest BCUT2D eigenvalue weighted by molar-refractivity contribution is -0.155. The van der Waals surface area contributed by atoms with Crippen LogP contribution in [0.25, 0.3) is 11.0 Å². The zero-order valence-electron chi connectivity index (χ0n) is 13.0. The summed E-state index contributed by atoms with van der Waals surface area (Å²) in [7, 11) is 0. The zero-order chi connectivity index (χ0) is 15.6. The van der Waals surface area contributed by atoms with Gasteiger partial charge in [0.15, 0.2) is 0 Å². The first-order valence-corrected chi connectivity index (χ1v) is 7.23. The number of nitrogens with zero attached hydrogens (tertiary/aromatic N) is 2. The van der Waals surface area contributed by atoms with Crippen molar-refractivity contribution < 1.29 is 9.53 Å². The van der Waals surface area contributed by atoms with Crippen molar-refractivity contribution in [1.29, 1.82) is 0 Å². The van der Waals surface area contributed by atoms with Crippen LogP contribution in [0.5, 0.6) is 0 Å². The van der Waals surface area contributed by atoms with Crippen LogP contribution in [0, 0.1) is 0 Å². The Hall–Kier alpha value is -2.04. The fraction of sp³-hybridized carbons (Fsp3) is 0.500. The second-order valence-corrected chi connectivity index (χ2v) is 6.00. The first-order chi connectivity index (χ1) is 9.83. The molecule has 114 valence electrons. The highest BCUT2D eigenvalue weighted by Crippen LogP contribution is 2.14. The van der Waals surface area contributed by atoms with Crippen molar-refractivity contribution in [2.75, 3.05) is 0 Å². The fourth-order valence-corrected chi connectivity index (χ4v) is 2.39. The second kappa shape index (κ2) is 5.76. The van der Waals surface area contributed by atoms with Gasteiger partial charge in [0.2, 0.25) is 0 Å². The zero-order valence-corrected chi connectivity index (χ0v) is 13.0. The van der Waals surface area contributed by atoms with Gasteiger partial charge in [-0.05, 0) is 39.8 Å². The van der Waals surface area contributed by atoms with Gasteiger partial charge >= 0.3 is 11.7 Å². The molecule has 0 fully saturated rings. The first-order valence-electron chi connectivity index (χ1n) is 7.23. The molecule has 0 atom stereocenters. The molecule has 2 rings (SSSR count). The van der Waals surface area contributed by atoms with E-state index in [1.165, 1.54) is 0 Å². The molecule has 2 aromatic rings. The molecule has 0 aliphatic rings. The molecule has 0 radical (unpaired) electrons. The summed E-state index contributed by atoms with van der Waals surface area (Å²) < 4.78 is 8.64. The van der Waals surface area contributed by atoms with Crippen LogP contribution >= 0.6 is 0 Å². The summed E-state index contributed by atoms with van der Waals surface area (Å²) in [6, 6.07) is 7.63. The number of para-hydroxylation sites is 2. The lowest BCUT2D eigenvalue weighted by Gasteiger charge is -2.19. The number of rotatable bonds is 4. The molecular weight excluding hydrogens is 268 g/mol. The average Bonchev–Trinajstić information content (AvgIpc) is 2.66. The van der Waals surface area contributed by atoms with Crippen molar-refractivity contribution in [2.45, 2.75) is 52.8 Å². The molecule has 0 aliphatic carbocycles. The van der Waals surface area contributed by atoms with E-state index in [1.54, 1.807) is 9.13 Å². The van der Waals surface area contributed by atoms with Crippen LogP contribution in [-0.2, 0) is 22.6 Å². The highest BCUT2D eigenvalue weighted by atomic mass is 16.6. The standard InChI is InChI=1S/C16H22N2O3/c1-5-17-12-8-6-7-9-13(12)18(15(17)20)11-10-14(19)21-16(2,3)4/h6-9H,5,10-11H2,1-4H3. The smallest absolute Gasteiger partial charge is 0.329 e. The maximum absolute atomic E-state index is 12.4. The van der Waals surface area contributed by atoms with Crippen molar-refractivity contribution in [3.63, 3.8) is 0 Å². The summed E-state index contributed by atoms with van der Waals surface area (Å²) in [5, 5.41) is 0. The van der Waals surface area contributed by atoms with E-state index < -0.39 is 5.60 Å². The number of hydrogen-bond acceptors (Lipinski definition) is 3. The van der Waals surface area contributed by atoms with Gasteiger partial charge in [-0.1, -0.05) is 12.1 Å². The second-order valence-electron chi connectivity index (χ2n) is 6.00. The average molecular weight is 290 g/mol. The van der Waals surface area contributed by atoms with E-state index in [-0.39, 0.29) is 18.1 Å². The molecule has 0 bridgehead atoms. The minimum absolute atomic E-state index is 0.0812. The SMILES string of the molecule is CCn1c(=O)n(CCC(=O)OC(C)(C)C)c2ccccc21. The predicted molar refractivity (Wildman–Crippen MR) is 82.3 cm³/mol. The maximum atomic E-state index is 12.4. The molecule has 0 unspecified atom stereocenters. The van der Waals surface area contributed by atoms with Crippen LogP contribution < -0.4 is 5.69 Å². The molecule has 0 amide bonds. The van der Waals surface area contributed by atoms with E-state index in [4.69, 9.17) is 4.74 Å². The Morgan fingerprint density at radius 1 is 1.14 bits per heavy atom. The van der Waals surface area contributed by atoms with Gasteiger partial charge in [0.05, 0.1) is 17.5 Å². The molecular formula is C16H22N2O3. The molecule has 1 aromatic carbocycles. The largest absolute Gasteiger partial charge is 0.460 e. The van der Waals surface area contributed by atoms with Gasteiger partial charge < -0.3 is 4.74 Å². The quantitative estimate of drug-likeness (QED) is 0.813. The lowest BCUT2D eigenvalue weighted by Crippen LogP contribution is -2.27. The molecule has 1 heterocycles. The maximum Gasteiger partial charge on any atom is 0.329 e. The van der Waals surface area contributed by atoms with E-state index in [9.17, 15) is 9.59 Å². The number of esters is 1. The normalized spacial score (nSPS) is 11.8. The van der Waals surface area contributed by atoms with Crippen LogP contribution in [0.3, 0.4) is 0 Å². The summed E-state index contributed by atoms with van der Waals surface area (Å²) in [5.41, 5.74) is 1.17. The molecule has 21 heavy (non-hydrogen) atoms. The van der Waals surface area contributed by atoms with Gasteiger partial charge in [0.25, 0.3) is 0 Å². The first kappa shape index (κ1) is 15.4. The van der Waals surface area contributed by atoms with Crippen LogP contribution in [0.1, 0.15) is 34.1 Å². The van der Waals surface area contributed by atoms with E-state index in [2.05, 4.69) is 0 Å². The summed E-state index contributed by atoms with van der Waals surface area (Å²) >= 11 is 0. The highest BCUT2D eigenvalue weighted by Gasteiger charge is 2.17. The van der Waals surface area contributed by atoms with Gasteiger partial charge in [-0.15, -0.1) is 0 Å². The monoisotopic (exact) mass is 290 g/mol. The van der Waals surface area contributed by atoms with E-state index in [0.717, 1.165) is 11.0 Å². The highest BCUT2D eigenvalue weighted by molar-refractivity contribution is 5.76. The van der Waals surface area contributed by atoms with E-state index >= 15 is 0 Å². The van der Waals surface area contributed by atoms with E-state index in [0.29, 0.717) is 13.1 Å². The summed E-state index contributed by atoms with van der Waals surface area (Å²) in [6.07, 6.45) is 0.189. The minimum Gasteiger partial charge on any atom is -0.460 e. The molecule has 0 saturated heterocycles. The van der Waals surface area contributed by atoms with Gasteiger partial charge in [-0.25, -0.2) is 4.79 Å². The number of benzene rings is 1. The lowest BCUT2D eigenvalue weighted by atomic mass is 10.2. The number of aryl methyl sites for hydroxylation is 2. The van der Waals surface area contributed by atoms with Crippen molar-refractivity contribution >= 4 is 17.0 Å². The Balaban J connectivity index is 2.25. The molecule has 0 N–H and O–H groups in total. The summed E-state index contributed by atoms with van der Waals surface area (Å²) in [4.78, 5) is 24.2. The minimum atomic E-state index is -0.501. The van der Waals surface area contributed by atoms with E-state index in [1.807, 2.05) is 52.0 Å².